The number of aliphatic carboxylic acids is 1. The molecule has 0 fully saturated rings. The Bertz CT molecular complexity index is 1050. The maximum absolute atomic E-state index is 13.1. The summed E-state index contributed by atoms with van der Waals surface area (Å²) in [7, 11) is 1.91. The predicted octanol–water partition coefficient (Wildman–Crippen LogP) is 2.89. The number of hydrogen-bond donors (Lipinski definition) is 3. The third-order valence-corrected chi connectivity index (χ3v) is 6.44. The van der Waals surface area contributed by atoms with Gasteiger partial charge in [0.25, 0.3) is 0 Å². The molecule has 4 rings (SSSR count). The molecule has 1 aliphatic rings. The lowest BCUT2D eigenvalue weighted by atomic mass is 9.80. The van der Waals surface area contributed by atoms with Crippen LogP contribution in [-0.4, -0.2) is 29.0 Å². The fourth-order valence-corrected chi connectivity index (χ4v) is 5.07. The number of carboxylic acid groups (broad SMARTS) is 1. The standard InChI is InChI=1S/C22H23N3O3S/c1-23-12-14-6-7-17-18(8-14)29-19(25-17)13-24-21(28)22(11-20(26)27)9-15-4-2-3-5-16(15)10-22/h2-8,23H,9-13H2,1H3,(H,24,28)(H,26,27). The lowest BCUT2D eigenvalue weighted by Gasteiger charge is -2.25. The number of nitrogens with zero attached hydrogens (tertiary/aromatic N) is 1. The number of hydrogen-bond acceptors (Lipinski definition) is 5. The van der Waals surface area contributed by atoms with Crippen molar-refractivity contribution in [3.05, 3.63) is 64.2 Å². The van der Waals surface area contributed by atoms with Crippen molar-refractivity contribution in [2.75, 3.05) is 7.05 Å². The van der Waals surface area contributed by atoms with Crippen molar-refractivity contribution in [2.24, 2.45) is 5.41 Å². The van der Waals surface area contributed by atoms with Crippen molar-refractivity contribution in [1.29, 1.82) is 0 Å². The number of nitrogens with one attached hydrogen (secondary N) is 2. The van der Waals surface area contributed by atoms with Crippen LogP contribution in [0.15, 0.2) is 42.5 Å². The van der Waals surface area contributed by atoms with Crippen molar-refractivity contribution in [1.82, 2.24) is 15.6 Å². The van der Waals surface area contributed by atoms with Gasteiger partial charge in [-0.15, -0.1) is 11.3 Å². The first kappa shape index (κ1) is 19.5. The van der Waals surface area contributed by atoms with E-state index >= 15 is 0 Å². The summed E-state index contributed by atoms with van der Waals surface area (Å²) in [4.78, 5) is 29.2. The van der Waals surface area contributed by atoms with Crippen molar-refractivity contribution >= 4 is 33.4 Å². The van der Waals surface area contributed by atoms with Gasteiger partial charge in [-0.2, -0.15) is 0 Å². The highest BCUT2D eigenvalue weighted by Crippen LogP contribution is 2.40. The third kappa shape index (κ3) is 4.02. The Labute approximate surface area is 173 Å². The van der Waals surface area contributed by atoms with Crippen LogP contribution in [0.2, 0.25) is 0 Å². The molecule has 7 heteroatoms. The van der Waals surface area contributed by atoms with E-state index in [9.17, 15) is 14.7 Å². The number of thiazole rings is 1. The summed E-state index contributed by atoms with van der Waals surface area (Å²) in [6.45, 7) is 1.09. The molecule has 0 saturated carbocycles. The lowest BCUT2D eigenvalue weighted by Crippen LogP contribution is -2.43. The highest BCUT2D eigenvalue weighted by atomic mass is 32.1. The minimum Gasteiger partial charge on any atom is -0.481 e. The Balaban J connectivity index is 1.50. The number of carboxylic acids is 1. The summed E-state index contributed by atoms with van der Waals surface area (Å²) >= 11 is 1.55. The van der Waals surface area contributed by atoms with E-state index in [2.05, 4.69) is 21.7 Å². The largest absolute Gasteiger partial charge is 0.481 e. The highest BCUT2D eigenvalue weighted by Gasteiger charge is 2.45. The molecule has 1 amide bonds. The van der Waals surface area contributed by atoms with E-state index in [1.165, 1.54) is 5.56 Å². The number of rotatable bonds is 7. The molecule has 1 aliphatic carbocycles. The van der Waals surface area contributed by atoms with E-state index in [1.807, 2.05) is 43.4 Å². The second-order valence-corrected chi connectivity index (χ2v) is 8.71. The molecule has 1 aromatic heterocycles. The lowest BCUT2D eigenvalue weighted by molar-refractivity contribution is -0.145. The number of benzene rings is 2. The molecular weight excluding hydrogens is 386 g/mol. The molecule has 1 heterocycles. The Morgan fingerprint density at radius 2 is 1.86 bits per heavy atom. The number of carbonyl (C=O) groups excluding carboxylic acids is 1. The van der Waals surface area contributed by atoms with Crippen LogP contribution in [0.1, 0.15) is 28.1 Å². The third-order valence-electron chi connectivity index (χ3n) is 5.43. The van der Waals surface area contributed by atoms with Crippen LogP contribution in [0, 0.1) is 5.41 Å². The SMILES string of the molecule is CNCc1ccc2nc(CNC(=O)C3(CC(=O)O)Cc4ccccc4C3)sc2c1. The van der Waals surface area contributed by atoms with Gasteiger partial charge in [-0.3, -0.25) is 9.59 Å². The van der Waals surface area contributed by atoms with Crippen LogP contribution >= 0.6 is 11.3 Å². The molecule has 0 radical (unpaired) electrons. The van der Waals surface area contributed by atoms with Gasteiger partial charge in [0.2, 0.25) is 5.91 Å². The fraction of sp³-hybridized carbons (Fsp3) is 0.318. The molecule has 3 aromatic rings. The topological polar surface area (TPSA) is 91.3 Å². The number of amides is 1. The Hall–Kier alpha value is -2.77. The van der Waals surface area contributed by atoms with Crippen LogP contribution in [0.3, 0.4) is 0 Å². The van der Waals surface area contributed by atoms with Crippen LogP contribution in [0.4, 0.5) is 0 Å². The van der Waals surface area contributed by atoms with E-state index in [-0.39, 0.29) is 12.3 Å². The maximum Gasteiger partial charge on any atom is 0.304 e. The summed E-state index contributed by atoms with van der Waals surface area (Å²) in [6.07, 6.45) is 0.726. The average molecular weight is 410 g/mol. The van der Waals surface area contributed by atoms with Gasteiger partial charge in [0.1, 0.15) is 5.01 Å². The minimum atomic E-state index is -0.954. The summed E-state index contributed by atoms with van der Waals surface area (Å²) < 4.78 is 1.08. The Morgan fingerprint density at radius 3 is 2.52 bits per heavy atom. The fourth-order valence-electron chi connectivity index (χ4n) is 4.10. The van der Waals surface area contributed by atoms with Crippen LogP contribution in [0.25, 0.3) is 10.2 Å². The van der Waals surface area contributed by atoms with Crippen LogP contribution in [0.5, 0.6) is 0 Å². The van der Waals surface area contributed by atoms with Gasteiger partial charge in [-0.1, -0.05) is 30.3 Å². The van der Waals surface area contributed by atoms with Gasteiger partial charge >= 0.3 is 5.97 Å². The second-order valence-electron chi connectivity index (χ2n) is 7.60. The quantitative estimate of drug-likeness (QED) is 0.558. The minimum absolute atomic E-state index is 0.180. The Morgan fingerprint density at radius 1 is 1.14 bits per heavy atom. The van der Waals surface area contributed by atoms with Gasteiger partial charge in [0, 0.05) is 6.54 Å². The van der Waals surface area contributed by atoms with E-state index in [0.29, 0.717) is 19.4 Å². The summed E-state index contributed by atoms with van der Waals surface area (Å²) in [6, 6.07) is 13.9. The molecule has 29 heavy (non-hydrogen) atoms. The van der Waals surface area contributed by atoms with Gasteiger partial charge in [-0.25, -0.2) is 4.98 Å². The molecule has 0 unspecified atom stereocenters. The maximum atomic E-state index is 13.1. The molecule has 6 nitrogen and oxygen atoms in total. The molecule has 0 atom stereocenters. The monoisotopic (exact) mass is 409 g/mol. The van der Waals surface area contributed by atoms with Crippen molar-refractivity contribution in [3.63, 3.8) is 0 Å². The first-order valence-electron chi connectivity index (χ1n) is 9.59. The molecule has 0 spiro atoms. The van der Waals surface area contributed by atoms with Gasteiger partial charge in [0.05, 0.1) is 28.6 Å². The first-order valence-corrected chi connectivity index (χ1v) is 10.4. The molecule has 150 valence electrons. The van der Waals surface area contributed by atoms with Crippen LogP contribution in [-0.2, 0) is 35.5 Å². The molecular formula is C22H23N3O3S. The summed E-state index contributed by atoms with van der Waals surface area (Å²) in [5.74, 6) is -1.17. The Kier molecular flexibility index (Phi) is 5.34. The number of fused-ring (bicyclic) bond motifs is 2. The van der Waals surface area contributed by atoms with Crippen molar-refractivity contribution in [3.8, 4) is 0 Å². The average Bonchev–Trinajstić information content (AvgIpc) is 3.26. The number of aromatic nitrogens is 1. The zero-order valence-corrected chi connectivity index (χ0v) is 17.0. The zero-order valence-electron chi connectivity index (χ0n) is 16.2. The van der Waals surface area contributed by atoms with E-state index < -0.39 is 11.4 Å². The van der Waals surface area contributed by atoms with Crippen molar-refractivity contribution < 1.29 is 14.7 Å². The first-order chi connectivity index (χ1) is 14.0. The smallest absolute Gasteiger partial charge is 0.304 e. The van der Waals surface area contributed by atoms with E-state index in [0.717, 1.165) is 32.9 Å². The van der Waals surface area contributed by atoms with E-state index in [1.54, 1.807) is 11.3 Å². The van der Waals surface area contributed by atoms with E-state index in [4.69, 9.17) is 0 Å². The van der Waals surface area contributed by atoms with Crippen molar-refractivity contribution in [2.45, 2.75) is 32.4 Å². The normalized spacial score (nSPS) is 14.7. The molecule has 0 aliphatic heterocycles. The second kappa shape index (κ2) is 7.93. The predicted molar refractivity (Wildman–Crippen MR) is 113 cm³/mol. The highest BCUT2D eigenvalue weighted by molar-refractivity contribution is 7.18. The molecule has 0 saturated heterocycles. The molecule has 0 bridgehead atoms. The summed E-state index contributed by atoms with van der Waals surface area (Å²) in [5.41, 5.74) is 3.27. The molecule has 2 aromatic carbocycles. The van der Waals surface area contributed by atoms with Crippen LogP contribution < -0.4 is 10.6 Å². The molecule has 3 N–H and O–H groups in total. The summed E-state index contributed by atoms with van der Waals surface area (Å²) in [5, 5.41) is 16.3. The van der Waals surface area contributed by atoms with Gasteiger partial charge in [0.15, 0.2) is 0 Å². The zero-order chi connectivity index (χ0) is 20.4. The number of carbonyl (C=O) groups is 2. The van der Waals surface area contributed by atoms with Gasteiger partial charge < -0.3 is 15.7 Å². The van der Waals surface area contributed by atoms with Gasteiger partial charge in [-0.05, 0) is 48.7 Å².